The number of anilines is 2. The van der Waals surface area contributed by atoms with Crippen molar-refractivity contribution in [3.63, 3.8) is 0 Å². The smallest absolute Gasteiger partial charge is 0.222 e. The number of hydrogen-bond acceptors (Lipinski definition) is 8. The van der Waals surface area contributed by atoms with Crippen molar-refractivity contribution in [2.45, 2.75) is 20.0 Å². The summed E-state index contributed by atoms with van der Waals surface area (Å²) in [4.78, 5) is 8.06. The molecule has 4 N–H and O–H groups in total. The van der Waals surface area contributed by atoms with Crippen molar-refractivity contribution in [1.82, 2.24) is 15.1 Å². The lowest BCUT2D eigenvalue weighted by molar-refractivity contribution is 0.247. The van der Waals surface area contributed by atoms with E-state index in [2.05, 4.69) is 15.1 Å². The molecule has 0 amide bonds. The van der Waals surface area contributed by atoms with E-state index >= 15 is 0 Å². The van der Waals surface area contributed by atoms with E-state index in [1.54, 1.807) is 7.11 Å². The van der Waals surface area contributed by atoms with Crippen molar-refractivity contribution in [2.24, 2.45) is 0 Å². The summed E-state index contributed by atoms with van der Waals surface area (Å²) in [6.45, 7) is 2.10. The Morgan fingerprint density at radius 3 is 2.56 bits per heavy atom. The number of aromatic nitrogens is 3. The van der Waals surface area contributed by atoms with E-state index in [9.17, 15) is 0 Å². The average Bonchev–Trinajstić information content (AvgIpc) is 3.09. The molecule has 0 atom stereocenters. The molecule has 2 aromatic heterocycles. The maximum atomic E-state index is 5.87. The number of aryl methyl sites for hydroxylation is 1. The predicted octanol–water partition coefficient (Wildman–Crippen LogP) is 2.45. The lowest BCUT2D eigenvalue weighted by Gasteiger charge is -2.10. The predicted molar refractivity (Wildman–Crippen MR) is 93.1 cm³/mol. The fourth-order valence-electron chi connectivity index (χ4n) is 2.36. The number of nitrogen functional groups attached to an aromatic ring is 2. The summed E-state index contributed by atoms with van der Waals surface area (Å²) in [6.07, 6.45) is 0.625. The van der Waals surface area contributed by atoms with Crippen molar-refractivity contribution in [3.05, 3.63) is 41.8 Å². The number of rotatable bonds is 6. The van der Waals surface area contributed by atoms with Gasteiger partial charge in [0.2, 0.25) is 5.95 Å². The average molecular weight is 341 g/mol. The Hall–Kier alpha value is -3.29. The standard InChI is InChI=1S/C17H19N5O3/c1-3-13-15(16(18)21-17(19)20-13)24-9-12-8-14(22-25-12)10-4-6-11(23-2)7-5-10/h4-8H,3,9H2,1-2H3,(H4,18,19,20,21). The van der Waals surface area contributed by atoms with Crippen LogP contribution in [0.4, 0.5) is 11.8 Å². The second kappa shape index (κ2) is 7.08. The van der Waals surface area contributed by atoms with Crippen LogP contribution in [0.15, 0.2) is 34.9 Å². The van der Waals surface area contributed by atoms with E-state index in [1.165, 1.54) is 0 Å². The number of benzene rings is 1. The second-order valence-corrected chi connectivity index (χ2v) is 5.29. The molecule has 3 rings (SSSR count). The van der Waals surface area contributed by atoms with Crippen molar-refractivity contribution in [1.29, 1.82) is 0 Å². The molecule has 0 radical (unpaired) electrons. The first-order chi connectivity index (χ1) is 12.1. The molecule has 0 saturated heterocycles. The Bertz CT molecular complexity index is 861. The molecule has 0 saturated carbocycles. The van der Waals surface area contributed by atoms with Crippen molar-refractivity contribution >= 4 is 11.8 Å². The molecule has 8 heteroatoms. The summed E-state index contributed by atoms with van der Waals surface area (Å²) >= 11 is 0. The van der Waals surface area contributed by atoms with Crippen LogP contribution in [0, 0.1) is 0 Å². The zero-order valence-electron chi connectivity index (χ0n) is 14.0. The van der Waals surface area contributed by atoms with Gasteiger partial charge < -0.3 is 25.5 Å². The number of nitrogens with zero attached hydrogens (tertiary/aromatic N) is 3. The van der Waals surface area contributed by atoms with Crippen molar-refractivity contribution < 1.29 is 14.0 Å². The SMILES string of the molecule is CCc1nc(N)nc(N)c1OCc1cc(-c2ccc(OC)cc2)no1. The fourth-order valence-corrected chi connectivity index (χ4v) is 2.36. The second-order valence-electron chi connectivity index (χ2n) is 5.29. The molecular weight excluding hydrogens is 322 g/mol. The normalized spacial score (nSPS) is 10.6. The van der Waals surface area contributed by atoms with E-state index in [0.29, 0.717) is 29.3 Å². The van der Waals surface area contributed by atoms with Crippen molar-refractivity contribution in [3.8, 4) is 22.8 Å². The van der Waals surface area contributed by atoms with E-state index in [1.807, 2.05) is 37.3 Å². The monoisotopic (exact) mass is 341 g/mol. The van der Waals surface area contributed by atoms with Gasteiger partial charge in [0, 0.05) is 11.6 Å². The van der Waals surface area contributed by atoms with E-state index in [0.717, 1.165) is 11.3 Å². The molecule has 8 nitrogen and oxygen atoms in total. The van der Waals surface area contributed by atoms with Gasteiger partial charge in [0.15, 0.2) is 17.3 Å². The van der Waals surface area contributed by atoms with Crippen LogP contribution in [-0.2, 0) is 13.0 Å². The minimum atomic E-state index is 0.128. The van der Waals surface area contributed by atoms with Gasteiger partial charge >= 0.3 is 0 Å². The summed E-state index contributed by atoms with van der Waals surface area (Å²) in [7, 11) is 1.62. The van der Waals surface area contributed by atoms with Gasteiger partial charge in [-0.3, -0.25) is 0 Å². The highest BCUT2D eigenvalue weighted by Gasteiger charge is 2.14. The molecule has 0 fully saturated rings. The van der Waals surface area contributed by atoms with Gasteiger partial charge in [0.05, 0.1) is 12.8 Å². The summed E-state index contributed by atoms with van der Waals surface area (Å²) in [5.74, 6) is 2.09. The van der Waals surface area contributed by atoms with Gasteiger partial charge in [0.25, 0.3) is 0 Å². The minimum Gasteiger partial charge on any atom is -0.497 e. The third-order valence-corrected chi connectivity index (χ3v) is 3.62. The van der Waals surface area contributed by atoms with Gasteiger partial charge in [-0.2, -0.15) is 4.98 Å². The quantitative estimate of drug-likeness (QED) is 0.701. The van der Waals surface area contributed by atoms with E-state index < -0.39 is 0 Å². The molecule has 0 aliphatic rings. The topological polar surface area (TPSA) is 122 Å². The summed E-state index contributed by atoms with van der Waals surface area (Å²) in [6, 6.07) is 9.34. The van der Waals surface area contributed by atoms with E-state index in [-0.39, 0.29) is 18.4 Å². The van der Waals surface area contributed by atoms with Crippen LogP contribution in [0.3, 0.4) is 0 Å². The molecule has 3 aromatic rings. The lowest BCUT2D eigenvalue weighted by Crippen LogP contribution is -2.08. The number of methoxy groups -OCH3 is 1. The highest BCUT2D eigenvalue weighted by atomic mass is 16.5. The van der Waals surface area contributed by atoms with Crippen molar-refractivity contribution in [2.75, 3.05) is 18.6 Å². The maximum absolute atomic E-state index is 5.87. The zero-order valence-corrected chi connectivity index (χ0v) is 14.0. The largest absolute Gasteiger partial charge is 0.497 e. The Morgan fingerprint density at radius 2 is 1.88 bits per heavy atom. The number of ether oxygens (including phenoxy) is 2. The van der Waals surface area contributed by atoms with Crippen LogP contribution in [0.5, 0.6) is 11.5 Å². The highest BCUT2D eigenvalue weighted by Crippen LogP contribution is 2.27. The minimum absolute atomic E-state index is 0.128. The van der Waals surface area contributed by atoms with Crippen LogP contribution in [0.2, 0.25) is 0 Å². The molecule has 130 valence electrons. The Labute approximate surface area is 144 Å². The highest BCUT2D eigenvalue weighted by molar-refractivity contribution is 5.59. The molecule has 25 heavy (non-hydrogen) atoms. The molecule has 0 unspecified atom stereocenters. The first-order valence-electron chi connectivity index (χ1n) is 7.75. The zero-order chi connectivity index (χ0) is 17.8. The van der Waals surface area contributed by atoms with Gasteiger partial charge in [-0.15, -0.1) is 0 Å². The molecule has 0 spiro atoms. The summed E-state index contributed by atoms with van der Waals surface area (Å²) in [5.41, 5.74) is 13.8. The summed E-state index contributed by atoms with van der Waals surface area (Å²) in [5, 5.41) is 4.06. The van der Waals surface area contributed by atoms with E-state index in [4.69, 9.17) is 25.5 Å². The van der Waals surface area contributed by atoms with Crippen LogP contribution < -0.4 is 20.9 Å². The lowest BCUT2D eigenvalue weighted by atomic mass is 10.1. The van der Waals surface area contributed by atoms with Gasteiger partial charge in [-0.25, -0.2) is 4.98 Å². The van der Waals surface area contributed by atoms with Gasteiger partial charge in [-0.05, 0) is 30.7 Å². The molecule has 1 aromatic carbocycles. The Morgan fingerprint density at radius 1 is 1.12 bits per heavy atom. The summed E-state index contributed by atoms with van der Waals surface area (Å²) < 4.78 is 16.2. The van der Waals surface area contributed by atoms with Gasteiger partial charge in [-0.1, -0.05) is 12.1 Å². The fraction of sp³-hybridized carbons (Fsp3) is 0.235. The number of hydrogen-bond donors (Lipinski definition) is 2. The first-order valence-corrected chi connectivity index (χ1v) is 7.75. The number of nitrogens with two attached hydrogens (primary N) is 2. The maximum Gasteiger partial charge on any atom is 0.222 e. The van der Waals surface area contributed by atoms with Gasteiger partial charge in [0.1, 0.15) is 18.1 Å². The van der Waals surface area contributed by atoms with Crippen LogP contribution in [0.1, 0.15) is 18.4 Å². The molecule has 0 aliphatic carbocycles. The molecule has 2 heterocycles. The molecule has 0 bridgehead atoms. The Balaban J connectivity index is 1.74. The molecule has 0 aliphatic heterocycles. The third kappa shape index (κ3) is 3.63. The Kier molecular flexibility index (Phi) is 4.69. The van der Waals surface area contributed by atoms with Crippen LogP contribution in [0.25, 0.3) is 11.3 Å². The molecular formula is C17H19N5O3. The van der Waals surface area contributed by atoms with Crippen LogP contribution in [-0.4, -0.2) is 22.2 Å². The first kappa shape index (κ1) is 16.6. The third-order valence-electron chi connectivity index (χ3n) is 3.62. The van der Waals surface area contributed by atoms with Crippen LogP contribution >= 0.6 is 0 Å².